The number of carbonyl (C=O) groups excluding carboxylic acids is 1. The summed E-state index contributed by atoms with van der Waals surface area (Å²) in [7, 11) is 0. The maximum atomic E-state index is 11.9. The molecule has 3 N–H and O–H groups in total. The van der Waals surface area contributed by atoms with Gasteiger partial charge in [-0.15, -0.1) is 0 Å². The zero-order valence-electron chi connectivity index (χ0n) is 12.9. The number of hydrogen-bond acceptors (Lipinski definition) is 3. The van der Waals surface area contributed by atoms with Gasteiger partial charge in [-0.25, -0.2) is 0 Å². The molecule has 4 heteroatoms. The average molecular weight is 270 g/mol. The lowest BCUT2D eigenvalue weighted by Crippen LogP contribution is -2.62. The monoisotopic (exact) mass is 270 g/mol. The molecule has 0 bridgehead atoms. The third kappa shape index (κ3) is 6.39. The Morgan fingerprint density at radius 2 is 1.74 bits per heavy atom. The van der Waals surface area contributed by atoms with E-state index in [9.17, 15) is 4.79 Å². The zero-order valence-corrected chi connectivity index (χ0v) is 12.9. The summed E-state index contributed by atoms with van der Waals surface area (Å²) in [4.78, 5) is 11.9. The van der Waals surface area contributed by atoms with Gasteiger partial charge in [-0.1, -0.05) is 6.42 Å². The van der Waals surface area contributed by atoms with E-state index in [0.717, 1.165) is 32.1 Å². The molecule has 1 aliphatic heterocycles. The van der Waals surface area contributed by atoms with Crippen LogP contribution in [0.15, 0.2) is 0 Å². The van der Waals surface area contributed by atoms with E-state index in [1.165, 1.54) is 0 Å². The van der Waals surface area contributed by atoms with Crippen LogP contribution in [0.25, 0.3) is 0 Å². The number of carbonyl (C=O) groups is 1. The van der Waals surface area contributed by atoms with Crippen molar-refractivity contribution in [1.29, 1.82) is 0 Å². The Labute approximate surface area is 117 Å². The van der Waals surface area contributed by atoms with Gasteiger partial charge in [0.15, 0.2) is 0 Å². The second-order valence-corrected chi connectivity index (χ2v) is 7.10. The summed E-state index contributed by atoms with van der Waals surface area (Å²) in [6.07, 6.45) is 5.10. The van der Waals surface area contributed by atoms with Crippen molar-refractivity contribution in [3.8, 4) is 0 Å². The summed E-state index contributed by atoms with van der Waals surface area (Å²) in [5.41, 5.74) is 0.132. The molecule has 0 aliphatic carbocycles. The molecule has 19 heavy (non-hydrogen) atoms. The van der Waals surface area contributed by atoms with E-state index >= 15 is 0 Å². The van der Waals surface area contributed by atoms with Crippen LogP contribution in [-0.4, -0.2) is 34.7 Å². The second-order valence-electron chi connectivity index (χ2n) is 7.10. The van der Waals surface area contributed by atoms with Gasteiger partial charge in [0.2, 0.25) is 5.91 Å². The number of nitrogens with one attached hydrogen (secondary N) is 2. The molecular formula is C15H30N2O2. The molecule has 1 saturated heterocycles. The Morgan fingerprint density at radius 3 is 2.26 bits per heavy atom. The topological polar surface area (TPSA) is 61.4 Å². The van der Waals surface area contributed by atoms with Crippen molar-refractivity contribution in [3.63, 3.8) is 0 Å². The van der Waals surface area contributed by atoms with Crippen molar-refractivity contribution >= 4 is 5.91 Å². The second kappa shape index (κ2) is 6.71. The molecule has 4 nitrogen and oxygen atoms in total. The van der Waals surface area contributed by atoms with Crippen LogP contribution in [0.2, 0.25) is 0 Å². The minimum Gasteiger partial charge on any atom is -0.396 e. The number of aliphatic hydroxyl groups is 1. The molecule has 0 aromatic heterocycles. The highest BCUT2D eigenvalue weighted by molar-refractivity contribution is 5.76. The maximum Gasteiger partial charge on any atom is 0.220 e. The van der Waals surface area contributed by atoms with Gasteiger partial charge in [-0.3, -0.25) is 4.79 Å². The fourth-order valence-electron chi connectivity index (χ4n) is 3.30. The molecule has 0 aromatic rings. The molecule has 1 aliphatic rings. The fourth-order valence-corrected chi connectivity index (χ4v) is 3.30. The Balaban J connectivity index is 2.37. The summed E-state index contributed by atoms with van der Waals surface area (Å²) in [6, 6.07) is 0.261. The maximum absolute atomic E-state index is 11.9. The van der Waals surface area contributed by atoms with Gasteiger partial charge in [-0.2, -0.15) is 0 Å². The van der Waals surface area contributed by atoms with E-state index in [0.29, 0.717) is 6.42 Å². The third-order valence-electron chi connectivity index (χ3n) is 3.62. The van der Waals surface area contributed by atoms with Gasteiger partial charge in [0.25, 0.3) is 0 Å². The number of rotatable bonds is 6. The fraction of sp³-hybridized carbons (Fsp3) is 0.933. The van der Waals surface area contributed by atoms with E-state index in [1.807, 2.05) is 0 Å². The van der Waals surface area contributed by atoms with Gasteiger partial charge < -0.3 is 15.7 Å². The van der Waals surface area contributed by atoms with Gasteiger partial charge in [0.05, 0.1) is 0 Å². The molecule has 0 unspecified atom stereocenters. The summed E-state index contributed by atoms with van der Waals surface area (Å²) in [5, 5.41) is 15.5. The van der Waals surface area contributed by atoms with Gasteiger partial charge in [0.1, 0.15) is 0 Å². The molecule has 0 radical (unpaired) electrons. The smallest absolute Gasteiger partial charge is 0.220 e. The highest BCUT2D eigenvalue weighted by Gasteiger charge is 2.37. The molecule has 0 aromatic carbocycles. The first-order valence-corrected chi connectivity index (χ1v) is 7.44. The van der Waals surface area contributed by atoms with E-state index in [1.54, 1.807) is 0 Å². The summed E-state index contributed by atoms with van der Waals surface area (Å²) < 4.78 is 0. The summed E-state index contributed by atoms with van der Waals surface area (Å²) in [5.74, 6) is 0.149. The molecule has 1 amide bonds. The van der Waals surface area contributed by atoms with E-state index in [-0.39, 0.29) is 29.6 Å². The Kier molecular flexibility index (Phi) is 5.81. The van der Waals surface area contributed by atoms with Crippen LogP contribution < -0.4 is 10.6 Å². The van der Waals surface area contributed by atoms with Crippen LogP contribution in [0.1, 0.15) is 66.2 Å². The predicted molar refractivity (Wildman–Crippen MR) is 78.0 cm³/mol. The number of hydrogen-bond donors (Lipinski definition) is 3. The number of piperidine rings is 1. The summed E-state index contributed by atoms with van der Waals surface area (Å²) >= 11 is 0. The van der Waals surface area contributed by atoms with Gasteiger partial charge in [0, 0.05) is 30.1 Å². The lowest BCUT2D eigenvalue weighted by Gasteiger charge is -2.46. The Morgan fingerprint density at radius 1 is 1.16 bits per heavy atom. The molecule has 1 heterocycles. The molecule has 0 spiro atoms. The first kappa shape index (κ1) is 16.4. The van der Waals surface area contributed by atoms with Crippen LogP contribution in [0.4, 0.5) is 0 Å². The first-order chi connectivity index (χ1) is 8.74. The summed E-state index contributed by atoms with van der Waals surface area (Å²) in [6.45, 7) is 8.98. The molecule has 1 fully saturated rings. The van der Waals surface area contributed by atoms with Crippen LogP contribution in [0.3, 0.4) is 0 Å². The van der Waals surface area contributed by atoms with Gasteiger partial charge in [-0.05, 0) is 53.4 Å². The average Bonchev–Trinajstić information content (AvgIpc) is 2.19. The predicted octanol–water partition coefficient (Wildman–Crippen LogP) is 1.96. The Bertz CT molecular complexity index is 285. The standard InChI is InChI=1S/C15H30N2O2/c1-14(2)10-12(11-15(3,4)17-14)16-13(19)8-6-5-7-9-18/h12,17-18H,5-11H2,1-4H3,(H,16,19). The number of amides is 1. The van der Waals surface area contributed by atoms with Crippen molar-refractivity contribution in [2.45, 2.75) is 83.3 Å². The van der Waals surface area contributed by atoms with Gasteiger partial charge >= 0.3 is 0 Å². The van der Waals surface area contributed by atoms with E-state index < -0.39 is 0 Å². The normalized spacial score (nSPS) is 22.2. The zero-order chi connectivity index (χ0) is 14.5. The van der Waals surface area contributed by atoms with Crippen molar-refractivity contribution in [2.75, 3.05) is 6.61 Å². The SMILES string of the molecule is CC1(C)CC(NC(=O)CCCCCO)CC(C)(C)N1. The molecule has 0 atom stereocenters. The van der Waals surface area contributed by atoms with Crippen molar-refractivity contribution in [3.05, 3.63) is 0 Å². The third-order valence-corrected chi connectivity index (χ3v) is 3.62. The van der Waals surface area contributed by atoms with Crippen LogP contribution in [0, 0.1) is 0 Å². The molecule has 1 rings (SSSR count). The van der Waals surface area contributed by atoms with E-state index in [4.69, 9.17) is 5.11 Å². The molecular weight excluding hydrogens is 240 g/mol. The van der Waals surface area contributed by atoms with Crippen LogP contribution in [0.5, 0.6) is 0 Å². The first-order valence-electron chi connectivity index (χ1n) is 7.44. The highest BCUT2D eigenvalue weighted by atomic mass is 16.2. The minimum absolute atomic E-state index is 0.0661. The van der Waals surface area contributed by atoms with Crippen molar-refractivity contribution < 1.29 is 9.90 Å². The minimum atomic E-state index is 0.0661. The van der Waals surface area contributed by atoms with Crippen molar-refractivity contribution in [1.82, 2.24) is 10.6 Å². The lowest BCUT2D eigenvalue weighted by molar-refractivity contribution is -0.122. The lowest BCUT2D eigenvalue weighted by atomic mass is 9.79. The van der Waals surface area contributed by atoms with Crippen LogP contribution >= 0.6 is 0 Å². The number of aliphatic hydroxyl groups excluding tert-OH is 1. The highest BCUT2D eigenvalue weighted by Crippen LogP contribution is 2.28. The largest absolute Gasteiger partial charge is 0.396 e. The molecule has 112 valence electrons. The van der Waals surface area contributed by atoms with Crippen molar-refractivity contribution in [2.24, 2.45) is 0 Å². The van der Waals surface area contributed by atoms with Crippen LogP contribution in [-0.2, 0) is 4.79 Å². The molecule has 0 saturated carbocycles. The quantitative estimate of drug-likeness (QED) is 0.647. The van der Waals surface area contributed by atoms with E-state index in [2.05, 4.69) is 38.3 Å². The Hall–Kier alpha value is -0.610. The number of unbranched alkanes of at least 4 members (excludes halogenated alkanes) is 2.